The highest BCUT2D eigenvalue weighted by atomic mass is 35.5. The Morgan fingerprint density at radius 2 is 1.86 bits per heavy atom. The van der Waals surface area contributed by atoms with Crippen LogP contribution in [0.3, 0.4) is 0 Å². The van der Waals surface area contributed by atoms with Crippen LogP contribution in [-0.2, 0) is 16.0 Å². The standard InChI is InChI=1S/C14H20F2N2O3.ClH/c1-20-9-8-17-6-7-18-13(19)10-11-2-4-12(5-3-11)21-14(15)16;/h2-5,14,17H,6-10H2,1H3,(H,18,19);1H. The molecule has 2 N–H and O–H groups in total. The molecule has 0 spiro atoms. The summed E-state index contributed by atoms with van der Waals surface area (Å²) in [5.74, 6) is -0.0393. The minimum Gasteiger partial charge on any atom is -0.435 e. The zero-order valence-electron chi connectivity index (χ0n) is 12.3. The fraction of sp³-hybridized carbons (Fsp3) is 0.500. The summed E-state index contributed by atoms with van der Waals surface area (Å²) in [6, 6.07) is 6.02. The second-order valence-electron chi connectivity index (χ2n) is 4.29. The lowest BCUT2D eigenvalue weighted by molar-refractivity contribution is -0.120. The molecule has 0 saturated heterocycles. The van der Waals surface area contributed by atoms with Crippen LogP contribution < -0.4 is 15.4 Å². The number of nitrogens with one attached hydrogen (secondary N) is 2. The minimum absolute atomic E-state index is 0. The molecule has 8 heteroatoms. The van der Waals surface area contributed by atoms with Crippen LogP contribution in [0.25, 0.3) is 0 Å². The highest BCUT2D eigenvalue weighted by Crippen LogP contribution is 2.15. The van der Waals surface area contributed by atoms with Crippen molar-refractivity contribution >= 4 is 18.3 Å². The molecule has 0 aliphatic carbocycles. The van der Waals surface area contributed by atoms with E-state index in [2.05, 4.69) is 15.4 Å². The maximum absolute atomic E-state index is 12.0. The van der Waals surface area contributed by atoms with E-state index in [1.807, 2.05) is 0 Å². The quantitative estimate of drug-likeness (QED) is 0.636. The monoisotopic (exact) mass is 338 g/mol. The van der Waals surface area contributed by atoms with Crippen molar-refractivity contribution in [3.05, 3.63) is 29.8 Å². The minimum atomic E-state index is -2.84. The fourth-order valence-corrected chi connectivity index (χ4v) is 1.63. The van der Waals surface area contributed by atoms with Crippen molar-refractivity contribution in [3.8, 4) is 5.75 Å². The van der Waals surface area contributed by atoms with Gasteiger partial charge in [-0.15, -0.1) is 12.4 Å². The molecule has 1 aromatic rings. The topological polar surface area (TPSA) is 59.6 Å². The zero-order chi connectivity index (χ0) is 15.5. The highest BCUT2D eigenvalue weighted by molar-refractivity contribution is 5.85. The van der Waals surface area contributed by atoms with Crippen molar-refractivity contribution in [1.82, 2.24) is 10.6 Å². The van der Waals surface area contributed by atoms with Gasteiger partial charge in [0, 0.05) is 26.7 Å². The predicted octanol–water partition coefficient (Wildman–Crippen LogP) is 1.60. The molecule has 5 nitrogen and oxygen atoms in total. The molecule has 1 amide bonds. The van der Waals surface area contributed by atoms with Crippen LogP contribution in [0.15, 0.2) is 24.3 Å². The van der Waals surface area contributed by atoms with Gasteiger partial charge in [0.05, 0.1) is 13.0 Å². The zero-order valence-corrected chi connectivity index (χ0v) is 13.1. The second kappa shape index (κ2) is 12.1. The van der Waals surface area contributed by atoms with E-state index in [0.29, 0.717) is 19.7 Å². The maximum atomic E-state index is 12.0. The number of hydrogen-bond donors (Lipinski definition) is 2. The van der Waals surface area contributed by atoms with E-state index in [4.69, 9.17) is 4.74 Å². The Morgan fingerprint density at radius 1 is 1.18 bits per heavy atom. The van der Waals surface area contributed by atoms with Crippen LogP contribution in [-0.4, -0.2) is 45.9 Å². The predicted molar refractivity (Wildman–Crippen MR) is 81.8 cm³/mol. The van der Waals surface area contributed by atoms with Crippen molar-refractivity contribution in [2.75, 3.05) is 33.4 Å². The van der Waals surface area contributed by atoms with Gasteiger partial charge in [-0.25, -0.2) is 0 Å². The van der Waals surface area contributed by atoms with Gasteiger partial charge in [0.15, 0.2) is 0 Å². The number of carbonyl (C=O) groups excluding carboxylic acids is 1. The molecule has 0 aliphatic heterocycles. The summed E-state index contributed by atoms with van der Waals surface area (Å²) < 4.78 is 33.1. The number of hydrogen-bond acceptors (Lipinski definition) is 4. The molecule has 0 heterocycles. The first-order chi connectivity index (χ1) is 10.1. The summed E-state index contributed by atoms with van der Waals surface area (Å²) in [7, 11) is 1.63. The van der Waals surface area contributed by atoms with Crippen LogP contribution in [0.1, 0.15) is 5.56 Å². The Labute approximate surface area is 134 Å². The lowest BCUT2D eigenvalue weighted by Crippen LogP contribution is -2.33. The van der Waals surface area contributed by atoms with E-state index < -0.39 is 6.61 Å². The maximum Gasteiger partial charge on any atom is 0.387 e. The lowest BCUT2D eigenvalue weighted by atomic mass is 10.1. The summed E-state index contributed by atoms with van der Waals surface area (Å²) in [6.45, 7) is -0.297. The van der Waals surface area contributed by atoms with Crippen molar-refractivity contribution in [1.29, 1.82) is 0 Å². The van der Waals surface area contributed by atoms with Crippen LogP contribution in [0.4, 0.5) is 8.78 Å². The average Bonchev–Trinajstić information content (AvgIpc) is 2.44. The van der Waals surface area contributed by atoms with Gasteiger partial charge in [-0.05, 0) is 17.7 Å². The third-order valence-electron chi connectivity index (χ3n) is 2.62. The molecule has 22 heavy (non-hydrogen) atoms. The first kappa shape index (κ1) is 20.6. The molecule has 0 saturated carbocycles. The van der Waals surface area contributed by atoms with E-state index >= 15 is 0 Å². The molecule has 0 radical (unpaired) electrons. The first-order valence-corrected chi connectivity index (χ1v) is 6.62. The van der Waals surface area contributed by atoms with Crippen molar-refractivity contribution < 1.29 is 23.0 Å². The Bertz CT molecular complexity index is 419. The number of rotatable bonds is 10. The fourth-order valence-electron chi connectivity index (χ4n) is 1.63. The van der Waals surface area contributed by atoms with Crippen LogP contribution in [0.5, 0.6) is 5.75 Å². The number of amides is 1. The molecule has 0 atom stereocenters. The summed E-state index contributed by atoms with van der Waals surface area (Å²) in [4.78, 5) is 11.6. The molecule has 0 bridgehead atoms. The van der Waals surface area contributed by atoms with Gasteiger partial charge in [0.2, 0.25) is 5.91 Å². The summed E-state index contributed by atoms with van der Waals surface area (Å²) in [6.07, 6.45) is 0.201. The molecule has 1 aromatic carbocycles. The molecule has 0 aliphatic rings. The summed E-state index contributed by atoms with van der Waals surface area (Å²) in [5, 5.41) is 5.87. The molecule has 0 fully saturated rings. The average molecular weight is 339 g/mol. The second-order valence-corrected chi connectivity index (χ2v) is 4.29. The van der Waals surface area contributed by atoms with Crippen LogP contribution >= 0.6 is 12.4 Å². The van der Waals surface area contributed by atoms with E-state index in [1.54, 1.807) is 19.2 Å². The van der Waals surface area contributed by atoms with Crippen molar-refractivity contribution in [2.45, 2.75) is 13.0 Å². The van der Waals surface area contributed by atoms with Gasteiger partial charge >= 0.3 is 6.61 Å². The van der Waals surface area contributed by atoms with E-state index in [0.717, 1.165) is 12.1 Å². The number of benzene rings is 1. The van der Waals surface area contributed by atoms with E-state index in [1.165, 1.54) is 12.1 Å². The molecule has 0 unspecified atom stereocenters. The third-order valence-corrected chi connectivity index (χ3v) is 2.62. The van der Waals surface area contributed by atoms with Crippen molar-refractivity contribution in [2.24, 2.45) is 0 Å². The number of halogens is 3. The Morgan fingerprint density at radius 3 is 2.45 bits per heavy atom. The molecular weight excluding hydrogens is 318 g/mol. The smallest absolute Gasteiger partial charge is 0.387 e. The Balaban J connectivity index is 0.00000441. The Kier molecular flexibility index (Phi) is 11.3. The van der Waals surface area contributed by atoms with E-state index in [9.17, 15) is 13.6 Å². The largest absolute Gasteiger partial charge is 0.435 e. The highest BCUT2D eigenvalue weighted by Gasteiger charge is 2.06. The van der Waals surface area contributed by atoms with Crippen LogP contribution in [0.2, 0.25) is 0 Å². The third kappa shape index (κ3) is 9.49. The van der Waals surface area contributed by atoms with E-state index in [-0.39, 0.29) is 30.5 Å². The van der Waals surface area contributed by atoms with Gasteiger partial charge in [0.25, 0.3) is 0 Å². The molecule has 1 rings (SSSR count). The molecule has 0 aromatic heterocycles. The van der Waals surface area contributed by atoms with Crippen molar-refractivity contribution in [3.63, 3.8) is 0 Å². The number of ether oxygens (including phenoxy) is 2. The molecule has 126 valence electrons. The molecular formula is C14H21ClF2N2O3. The van der Waals surface area contributed by atoms with Gasteiger partial charge in [0.1, 0.15) is 5.75 Å². The SMILES string of the molecule is COCCNCCNC(=O)Cc1ccc(OC(F)F)cc1.Cl. The lowest BCUT2D eigenvalue weighted by Gasteiger charge is -2.08. The van der Waals surface area contributed by atoms with Crippen LogP contribution in [0, 0.1) is 0 Å². The number of carbonyl (C=O) groups is 1. The Hall–Kier alpha value is -1.44. The van der Waals surface area contributed by atoms with Gasteiger partial charge in [-0.1, -0.05) is 12.1 Å². The van der Waals surface area contributed by atoms with Gasteiger partial charge in [-0.2, -0.15) is 8.78 Å². The summed E-state index contributed by atoms with van der Waals surface area (Å²) in [5.41, 5.74) is 0.737. The first-order valence-electron chi connectivity index (χ1n) is 6.62. The normalized spacial score (nSPS) is 10.2. The van der Waals surface area contributed by atoms with Gasteiger partial charge in [-0.3, -0.25) is 4.79 Å². The number of alkyl halides is 2. The summed E-state index contributed by atoms with van der Waals surface area (Å²) >= 11 is 0. The number of methoxy groups -OCH3 is 1. The van der Waals surface area contributed by atoms with Gasteiger partial charge < -0.3 is 20.1 Å².